The summed E-state index contributed by atoms with van der Waals surface area (Å²) in [7, 11) is 0. The Bertz CT molecular complexity index is 539. The molecule has 2 bridgehead atoms. The Balaban J connectivity index is 0.00000192. The van der Waals surface area contributed by atoms with Gasteiger partial charge >= 0.3 is 0 Å². The zero-order valence-electron chi connectivity index (χ0n) is 13.4. The van der Waals surface area contributed by atoms with Gasteiger partial charge in [-0.25, -0.2) is 0 Å². The van der Waals surface area contributed by atoms with Crippen LogP contribution in [0.2, 0.25) is 5.02 Å². The minimum absolute atomic E-state index is 0. The highest BCUT2D eigenvalue weighted by Gasteiger charge is 2.39. The molecule has 2 aliphatic rings. The third-order valence-corrected chi connectivity index (χ3v) is 4.76. The van der Waals surface area contributed by atoms with E-state index < -0.39 is 0 Å². The summed E-state index contributed by atoms with van der Waals surface area (Å²) in [4.78, 5) is 15.2. The number of carbonyl (C=O) groups is 1. The second-order valence-electron chi connectivity index (χ2n) is 6.08. The summed E-state index contributed by atoms with van der Waals surface area (Å²) in [6.07, 6.45) is 4.11. The zero-order chi connectivity index (χ0) is 15.5. The minimum atomic E-state index is 0. The van der Waals surface area contributed by atoms with Crippen LogP contribution < -0.4 is 10.1 Å². The van der Waals surface area contributed by atoms with Gasteiger partial charge in [-0.3, -0.25) is 4.79 Å². The van der Waals surface area contributed by atoms with Crippen molar-refractivity contribution in [3.63, 3.8) is 0 Å². The van der Waals surface area contributed by atoms with Gasteiger partial charge in [-0.1, -0.05) is 18.5 Å². The van der Waals surface area contributed by atoms with Crippen molar-refractivity contribution in [2.75, 3.05) is 19.7 Å². The van der Waals surface area contributed by atoms with Crippen LogP contribution in [0.5, 0.6) is 5.75 Å². The Hall–Kier alpha value is -0.970. The average molecular weight is 359 g/mol. The Morgan fingerprint density at radius 3 is 2.91 bits per heavy atom. The summed E-state index contributed by atoms with van der Waals surface area (Å²) in [6.45, 7) is 4.53. The topological polar surface area (TPSA) is 41.6 Å². The largest absolute Gasteiger partial charge is 0.493 e. The lowest BCUT2D eigenvalue weighted by molar-refractivity contribution is 0.0676. The number of hydrogen-bond acceptors (Lipinski definition) is 3. The lowest BCUT2D eigenvalue weighted by Gasteiger charge is -2.28. The number of ether oxygens (including phenoxy) is 1. The van der Waals surface area contributed by atoms with Crippen molar-refractivity contribution in [3.8, 4) is 5.75 Å². The number of nitrogens with zero attached hydrogens (tertiary/aromatic N) is 1. The molecule has 0 radical (unpaired) electrons. The fourth-order valence-electron chi connectivity index (χ4n) is 3.46. The average Bonchev–Trinajstić information content (AvgIpc) is 2.78. The molecule has 2 saturated heterocycles. The molecule has 3 rings (SSSR count). The van der Waals surface area contributed by atoms with E-state index >= 15 is 0 Å². The molecule has 0 aliphatic carbocycles. The molecule has 2 aliphatic heterocycles. The number of rotatable bonds is 4. The van der Waals surface area contributed by atoms with Gasteiger partial charge in [0.2, 0.25) is 0 Å². The SMILES string of the molecule is CCCOc1ccc(Cl)cc1C(=O)N1C2CCNCC1CC2.Cl. The van der Waals surface area contributed by atoms with E-state index in [9.17, 15) is 4.79 Å². The summed E-state index contributed by atoms with van der Waals surface area (Å²) in [6, 6.07) is 5.96. The summed E-state index contributed by atoms with van der Waals surface area (Å²) in [5, 5.41) is 4.00. The molecule has 2 fully saturated rings. The molecule has 1 N–H and O–H groups in total. The molecule has 0 spiro atoms. The molecular formula is C17H24Cl2N2O2. The van der Waals surface area contributed by atoms with Gasteiger partial charge in [-0.05, 0) is 50.4 Å². The van der Waals surface area contributed by atoms with Crippen molar-refractivity contribution in [2.45, 2.75) is 44.7 Å². The quantitative estimate of drug-likeness (QED) is 0.895. The van der Waals surface area contributed by atoms with Gasteiger partial charge in [0.15, 0.2) is 0 Å². The maximum Gasteiger partial charge on any atom is 0.258 e. The third kappa shape index (κ3) is 3.93. The van der Waals surface area contributed by atoms with Gasteiger partial charge in [0.05, 0.1) is 12.2 Å². The highest BCUT2D eigenvalue weighted by atomic mass is 35.5. The van der Waals surface area contributed by atoms with E-state index in [1.54, 1.807) is 12.1 Å². The Morgan fingerprint density at radius 1 is 1.35 bits per heavy atom. The normalized spacial score (nSPS) is 23.1. The molecule has 23 heavy (non-hydrogen) atoms. The number of benzene rings is 1. The summed E-state index contributed by atoms with van der Waals surface area (Å²) in [5.74, 6) is 0.706. The molecule has 0 aromatic heterocycles. The second-order valence-corrected chi connectivity index (χ2v) is 6.52. The minimum Gasteiger partial charge on any atom is -0.493 e. The highest BCUT2D eigenvalue weighted by molar-refractivity contribution is 6.31. The summed E-state index contributed by atoms with van der Waals surface area (Å²) < 4.78 is 5.75. The van der Waals surface area contributed by atoms with Crippen LogP contribution in [0, 0.1) is 0 Å². The molecule has 0 saturated carbocycles. The van der Waals surface area contributed by atoms with Crippen LogP contribution in [0.4, 0.5) is 0 Å². The van der Waals surface area contributed by atoms with Gasteiger partial charge in [0.1, 0.15) is 5.75 Å². The molecule has 1 amide bonds. The van der Waals surface area contributed by atoms with Gasteiger partial charge in [-0.2, -0.15) is 0 Å². The first kappa shape index (κ1) is 18.4. The number of fused-ring (bicyclic) bond motifs is 2. The van der Waals surface area contributed by atoms with Crippen LogP contribution >= 0.6 is 24.0 Å². The Labute approximate surface area is 148 Å². The maximum atomic E-state index is 13.1. The lowest BCUT2D eigenvalue weighted by Crippen LogP contribution is -2.42. The van der Waals surface area contributed by atoms with Crippen LogP contribution in [0.25, 0.3) is 0 Å². The first-order chi connectivity index (χ1) is 10.7. The van der Waals surface area contributed by atoms with Crippen molar-refractivity contribution < 1.29 is 9.53 Å². The lowest BCUT2D eigenvalue weighted by atomic mass is 10.1. The van der Waals surface area contributed by atoms with E-state index in [2.05, 4.69) is 17.1 Å². The Kier molecular flexibility index (Phi) is 6.57. The van der Waals surface area contributed by atoms with Crippen LogP contribution in [0.3, 0.4) is 0 Å². The maximum absolute atomic E-state index is 13.1. The molecule has 2 heterocycles. The number of nitrogens with one attached hydrogen (secondary N) is 1. The molecule has 2 atom stereocenters. The predicted molar refractivity (Wildman–Crippen MR) is 95.0 cm³/mol. The monoisotopic (exact) mass is 358 g/mol. The standard InChI is InChI=1S/C17H23ClN2O2.ClH/c1-2-9-22-16-6-3-12(18)10-15(16)17(21)20-13-4-5-14(20)11-19-8-7-13;/h3,6,10,13-14,19H,2,4-5,7-9,11H2,1H3;1H. The van der Waals surface area contributed by atoms with Crippen LogP contribution in [-0.2, 0) is 0 Å². The van der Waals surface area contributed by atoms with Crippen molar-refractivity contribution >= 4 is 29.9 Å². The smallest absolute Gasteiger partial charge is 0.258 e. The fraction of sp³-hybridized carbons (Fsp3) is 0.588. The Morgan fingerprint density at radius 2 is 2.13 bits per heavy atom. The van der Waals surface area contributed by atoms with Crippen LogP contribution in [-0.4, -0.2) is 42.6 Å². The van der Waals surface area contributed by atoms with Gasteiger partial charge in [0, 0.05) is 23.7 Å². The van der Waals surface area contributed by atoms with Gasteiger partial charge < -0.3 is 15.0 Å². The second kappa shape index (κ2) is 8.22. The number of halogens is 2. The van der Waals surface area contributed by atoms with E-state index in [4.69, 9.17) is 16.3 Å². The predicted octanol–water partition coefficient (Wildman–Crippen LogP) is 3.52. The zero-order valence-corrected chi connectivity index (χ0v) is 15.0. The van der Waals surface area contributed by atoms with Crippen molar-refractivity contribution in [1.29, 1.82) is 0 Å². The first-order valence-electron chi connectivity index (χ1n) is 8.16. The molecule has 2 unspecified atom stereocenters. The highest BCUT2D eigenvalue weighted by Crippen LogP contribution is 2.32. The third-order valence-electron chi connectivity index (χ3n) is 4.52. The van der Waals surface area contributed by atoms with Crippen molar-refractivity contribution in [1.82, 2.24) is 10.2 Å². The molecule has 1 aromatic rings. The van der Waals surface area contributed by atoms with Gasteiger partial charge in [0.25, 0.3) is 5.91 Å². The first-order valence-corrected chi connectivity index (χ1v) is 8.54. The van der Waals surface area contributed by atoms with E-state index in [0.717, 1.165) is 38.8 Å². The molecule has 6 heteroatoms. The number of hydrogen-bond donors (Lipinski definition) is 1. The molecular weight excluding hydrogens is 335 g/mol. The van der Waals surface area contributed by atoms with Crippen molar-refractivity contribution in [3.05, 3.63) is 28.8 Å². The van der Waals surface area contributed by atoms with Crippen molar-refractivity contribution in [2.24, 2.45) is 0 Å². The molecule has 128 valence electrons. The summed E-state index contributed by atoms with van der Waals surface area (Å²) >= 11 is 6.12. The number of carbonyl (C=O) groups excluding carboxylic acids is 1. The van der Waals surface area contributed by atoms with E-state index in [-0.39, 0.29) is 24.4 Å². The van der Waals surface area contributed by atoms with Gasteiger partial charge in [-0.15, -0.1) is 12.4 Å². The fourth-order valence-corrected chi connectivity index (χ4v) is 3.63. The summed E-state index contributed by atoms with van der Waals surface area (Å²) in [5.41, 5.74) is 0.597. The molecule has 4 nitrogen and oxygen atoms in total. The van der Waals surface area contributed by atoms with E-state index in [0.29, 0.717) is 29.0 Å². The van der Waals surface area contributed by atoms with Crippen LogP contribution in [0.1, 0.15) is 43.0 Å². The van der Waals surface area contributed by atoms with E-state index in [1.165, 1.54) is 0 Å². The van der Waals surface area contributed by atoms with E-state index in [1.807, 2.05) is 6.07 Å². The molecule has 1 aromatic carbocycles. The number of amides is 1. The van der Waals surface area contributed by atoms with Crippen LogP contribution in [0.15, 0.2) is 18.2 Å².